The van der Waals surface area contributed by atoms with Crippen LogP contribution in [0.15, 0.2) is 47.4 Å². The Labute approximate surface area is 140 Å². The first kappa shape index (κ1) is 16.6. The third-order valence-corrected chi connectivity index (χ3v) is 5.45. The van der Waals surface area contributed by atoms with Crippen LogP contribution in [0.3, 0.4) is 0 Å². The fourth-order valence-electron chi connectivity index (χ4n) is 2.72. The Kier molecular flexibility index (Phi) is 4.38. The third-order valence-electron chi connectivity index (χ3n) is 3.99. The van der Waals surface area contributed by atoms with Gasteiger partial charge in [-0.1, -0.05) is 18.2 Å². The van der Waals surface area contributed by atoms with Crippen LogP contribution in [0.4, 0.5) is 10.1 Å². The first-order valence-corrected chi connectivity index (χ1v) is 9.01. The van der Waals surface area contributed by atoms with E-state index in [-0.39, 0.29) is 29.5 Å². The Morgan fingerprint density at radius 3 is 2.71 bits per heavy atom. The van der Waals surface area contributed by atoms with Gasteiger partial charge in [-0.3, -0.25) is 4.79 Å². The summed E-state index contributed by atoms with van der Waals surface area (Å²) >= 11 is 0. The van der Waals surface area contributed by atoms with Crippen molar-refractivity contribution in [2.24, 2.45) is 0 Å². The Hall–Kier alpha value is -2.25. The van der Waals surface area contributed by atoms with Gasteiger partial charge in [0.1, 0.15) is 5.82 Å². The molecule has 2 aromatic rings. The summed E-state index contributed by atoms with van der Waals surface area (Å²) in [6.07, 6.45) is 0.333. The molecule has 0 radical (unpaired) electrons. The van der Waals surface area contributed by atoms with Crippen LogP contribution in [0.1, 0.15) is 11.1 Å². The average Bonchev–Trinajstić information content (AvgIpc) is 2.86. The molecule has 7 heteroatoms. The number of para-hydroxylation sites is 1. The van der Waals surface area contributed by atoms with E-state index in [4.69, 9.17) is 0 Å². The summed E-state index contributed by atoms with van der Waals surface area (Å²) in [5, 5.41) is 0. The molecule has 1 aliphatic rings. The van der Waals surface area contributed by atoms with E-state index in [0.29, 0.717) is 6.42 Å². The van der Waals surface area contributed by atoms with E-state index in [2.05, 4.69) is 4.72 Å². The molecule has 0 bridgehead atoms. The second kappa shape index (κ2) is 6.33. The number of nitrogens with zero attached hydrogens (tertiary/aromatic N) is 1. The normalized spacial score (nSPS) is 14.1. The molecule has 0 saturated carbocycles. The lowest BCUT2D eigenvalue weighted by atomic mass is 10.2. The second-order valence-electron chi connectivity index (χ2n) is 5.66. The number of carbonyl (C=O) groups is 1. The smallest absolute Gasteiger partial charge is 0.240 e. The van der Waals surface area contributed by atoms with Crippen LogP contribution in [-0.4, -0.2) is 27.4 Å². The van der Waals surface area contributed by atoms with Crippen LogP contribution in [-0.2, 0) is 21.2 Å². The first-order chi connectivity index (χ1) is 11.4. The number of halogens is 1. The standard InChI is InChI=1S/C17H17FN2O3S/c1-12-10-14(6-7-15(12)18)24(22,23)19-8-9-20-16-5-3-2-4-13(16)11-17(20)21/h2-7,10,19H,8-9,11H2,1H3. The average molecular weight is 348 g/mol. The minimum Gasteiger partial charge on any atom is -0.311 e. The minimum atomic E-state index is -3.74. The van der Waals surface area contributed by atoms with Gasteiger partial charge in [0.05, 0.1) is 11.3 Å². The summed E-state index contributed by atoms with van der Waals surface area (Å²) in [6, 6.07) is 11.1. The number of anilines is 1. The van der Waals surface area contributed by atoms with Crippen molar-refractivity contribution in [3.63, 3.8) is 0 Å². The molecular formula is C17H17FN2O3S. The number of carbonyl (C=O) groups excluding carboxylic acids is 1. The molecule has 0 unspecified atom stereocenters. The van der Waals surface area contributed by atoms with E-state index in [9.17, 15) is 17.6 Å². The summed E-state index contributed by atoms with van der Waals surface area (Å²) in [5.74, 6) is -0.499. The monoisotopic (exact) mass is 348 g/mol. The molecule has 0 aromatic heterocycles. The molecule has 0 aliphatic carbocycles. The van der Waals surface area contributed by atoms with E-state index in [1.165, 1.54) is 19.1 Å². The highest BCUT2D eigenvalue weighted by Crippen LogP contribution is 2.27. The molecule has 1 N–H and O–H groups in total. The molecule has 1 aliphatic heterocycles. The van der Waals surface area contributed by atoms with Crippen LogP contribution in [0.25, 0.3) is 0 Å². The quantitative estimate of drug-likeness (QED) is 0.899. The Bertz CT molecular complexity index is 896. The zero-order chi connectivity index (χ0) is 17.3. The predicted molar refractivity (Wildman–Crippen MR) is 88.8 cm³/mol. The molecule has 1 heterocycles. The molecule has 0 fully saturated rings. The molecule has 3 rings (SSSR count). The molecule has 2 aromatic carbocycles. The Morgan fingerprint density at radius 1 is 1.21 bits per heavy atom. The van der Waals surface area contributed by atoms with Gasteiger partial charge in [-0.15, -0.1) is 0 Å². The minimum absolute atomic E-state index is 0.00884. The van der Waals surface area contributed by atoms with Gasteiger partial charge >= 0.3 is 0 Å². The largest absolute Gasteiger partial charge is 0.311 e. The van der Waals surface area contributed by atoms with E-state index < -0.39 is 15.8 Å². The van der Waals surface area contributed by atoms with E-state index in [0.717, 1.165) is 17.3 Å². The topological polar surface area (TPSA) is 66.5 Å². The summed E-state index contributed by atoms with van der Waals surface area (Å²) in [6.45, 7) is 1.84. The van der Waals surface area contributed by atoms with Crippen molar-refractivity contribution >= 4 is 21.6 Å². The maximum Gasteiger partial charge on any atom is 0.240 e. The van der Waals surface area contributed by atoms with Gasteiger partial charge < -0.3 is 4.90 Å². The maximum absolute atomic E-state index is 13.3. The van der Waals surface area contributed by atoms with Crippen molar-refractivity contribution in [3.05, 3.63) is 59.4 Å². The maximum atomic E-state index is 13.3. The number of benzene rings is 2. The van der Waals surface area contributed by atoms with Crippen LogP contribution in [0.2, 0.25) is 0 Å². The number of rotatable bonds is 5. The summed E-state index contributed by atoms with van der Waals surface area (Å²) in [7, 11) is -3.74. The molecule has 24 heavy (non-hydrogen) atoms. The molecule has 0 saturated heterocycles. The number of amides is 1. The van der Waals surface area contributed by atoms with Gasteiger partial charge in [0, 0.05) is 18.8 Å². The summed E-state index contributed by atoms with van der Waals surface area (Å²) in [4.78, 5) is 13.6. The highest BCUT2D eigenvalue weighted by atomic mass is 32.2. The number of hydrogen-bond acceptors (Lipinski definition) is 3. The molecule has 5 nitrogen and oxygen atoms in total. The number of nitrogens with one attached hydrogen (secondary N) is 1. The van der Waals surface area contributed by atoms with Gasteiger partial charge in [0.2, 0.25) is 15.9 Å². The van der Waals surface area contributed by atoms with Crippen molar-refractivity contribution < 1.29 is 17.6 Å². The van der Waals surface area contributed by atoms with E-state index in [1.807, 2.05) is 24.3 Å². The SMILES string of the molecule is Cc1cc(S(=O)(=O)NCCN2C(=O)Cc3ccccc32)ccc1F. The molecular weight excluding hydrogens is 331 g/mol. The summed E-state index contributed by atoms with van der Waals surface area (Å²) in [5.41, 5.74) is 2.03. The first-order valence-electron chi connectivity index (χ1n) is 7.52. The highest BCUT2D eigenvalue weighted by molar-refractivity contribution is 7.89. The van der Waals surface area contributed by atoms with Crippen molar-refractivity contribution in [2.75, 3.05) is 18.0 Å². The van der Waals surface area contributed by atoms with Gasteiger partial charge in [-0.25, -0.2) is 17.5 Å². The van der Waals surface area contributed by atoms with E-state index >= 15 is 0 Å². The predicted octanol–water partition coefficient (Wildman–Crippen LogP) is 2.00. The van der Waals surface area contributed by atoms with Crippen LogP contribution >= 0.6 is 0 Å². The van der Waals surface area contributed by atoms with Crippen molar-refractivity contribution in [3.8, 4) is 0 Å². The van der Waals surface area contributed by atoms with Crippen molar-refractivity contribution in [2.45, 2.75) is 18.2 Å². The molecule has 0 spiro atoms. The Morgan fingerprint density at radius 2 is 1.96 bits per heavy atom. The second-order valence-corrected chi connectivity index (χ2v) is 7.43. The number of hydrogen-bond donors (Lipinski definition) is 1. The fraction of sp³-hybridized carbons (Fsp3) is 0.235. The number of sulfonamides is 1. The lowest BCUT2D eigenvalue weighted by molar-refractivity contribution is -0.117. The van der Waals surface area contributed by atoms with Crippen LogP contribution in [0, 0.1) is 12.7 Å². The van der Waals surface area contributed by atoms with E-state index in [1.54, 1.807) is 4.90 Å². The highest BCUT2D eigenvalue weighted by Gasteiger charge is 2.26. The number of fused-ring (bicyclic) bond motifs is 1. The summed E-state index contributed by atoms with van der Waals surface area (Å²) < 4.78 is 40.2. The van der Waals surface area contributed by atoms with Gasteiger partial charge in [0.25, 0.3) is 0 Å². The van der Waals surface area contributed by atoms with Gasteiger partial charge in [0.15, 0.2) is 0 Å². The van der Waals surface area contributed by atoms with Crippen LogP contribution in [0.5, 0.6) is 0 Å². The lowest BCUT2D eigenvalue weighted by Crippen LogP contribution is -2.36. The Balaban J connectivity index is 1.68. The zero-order valence-electron chi connectivity index (χ0n) is 13.1. The lowest BCUT2D eigenvalue weighted by Gasteiger charge is -2.17. The van der Waals surface area contributed by atoms with Crippen LogP contribution < -0.4 is 9.62 Å². The third kappa shape index (κ3) is 3.18. The van der Waals surface area contributed by atoms with Gasteiger partial charge in [-0.05, 0) is 42.3 Å². The molecule has 0 atom stereocenters. The van der Waals surface area contributed by atoms with Crippen molar-refractivity contribution in [1.82, 2.24) is 4.72 Å². The molecule has 1 amide bonds. The van der Waals surface area contributed by atoms with Crippen molar-refractivity contribution in [1.29, 1.82) is 0 Å². The fourth-order valence-corrected chi connectivity index (χ4v) is 3.83. The molecule has 126 valence electrons. The number of aryl methyl sites for hydroxylation is 1. The zero-order valence-corrected chi connectivity index (χ0v) is 13.9. The van der Waals surface area contributed by atoms with Gasteiger partial charge in [-0.2, -0.15) is 0 Å².